The molecule has 0 fully saturated rings. The van der Waals surface area contributed by atoms with E-state index < -0.39 is 0 Å². The number of hydrogen-bond donors (Lipinski definition) is 0. The third kappa shape index (κ3) is 9.46. The molecule has 0 saturated heterocycles. The summed E-state index contributed by atoms with van der Waals surface area (Å²) in [4.78, 5) is 0. The van der Waals surface area contributed by atoms with Gasteiger partial charge in [-0.15, -0.1) is 0 Å². The third-order valence-corrected chi connectivity index (χ3v) is 4.30. The zero-order chi connectivity index (χ0) is 22.7. The van der Waals surface area contributed by atoms with Gasteiger partial charge in [0.15, 0.2) is 0 Å². The van der Waals surface area contributed by atoms with Gasteiger partial charge in [-0.3, -0.25) is 0 Å². The van der Waals surface area contributed by atoms with Gasteiger partial charge in [0.2, 0.25) is 0 Å². The SMILES string of the molecule is BC.C[N+](C)(C)C.O.[OH-].c1ccc(-c2cccc(-c3ccccc3)c2-c2ccccc2)cc1. The summed E-state index contributed by atoms with van der Waals surface area (Å²) in [5, 5.41) is 0. The molecule has 0 aliphatic rings. The molecule has 3 N–H and O–H groups in total. The topological polar surface area (TPSA) is 61.5 Å². The Hall–Kier alpha value is -3.18. The van der Waals surface area contributed by atoms with Crippen molar-refractivity contribution in [3.05, 3.63) is 109 Å². The van der Waals surface area contributed by atoms with Crippen molar-refractivity contribution >= 4 is 7.85 Å². The fourth-order valence-electron chi connectivity index (χ4n) is 3.18. The van der Waals surface area contributed by atoms with Crippen molar-refractivity contribution in [2.45, 2.75) is 6.82 Å². The maximum atomic E-state index is 2.21. The summed E-state index contributed by atoms with van der Waals surface area (Å²) in [6, 6.07) is 38.4. The summed E-state index contributed by atoms with van der Waals surface area (Å²) in [5.74, 6) is 0. The first-order valence-electron chi connectivity index (χ1n) is 11.0. The van der Waals surface area contributed by atoms with E-state index in [1.165, 1.54) is 33.4 Å². The Bertz CT molecular complexity index is 968. The molecule has 0 unspecified atom stereocenters. The molecule has 0 atom stereocenters. The van der Waals surface area contributed by atoms with Gasteiger partial charge in [-0.05, 0) is 33.4 Å². The van der Waals surface area contributed by atoms with Gasteiger partial charge in [-0.2, -0.15) is 0 Å². The smallest absolute Gasteiger partial charge is 0.0973 e. The van der Waals surface area contributed by atoms with Crippen LogP contribution in [0.2, 0.25) is 6.82 Å². The first-order chi connectivity index (χ1) is 14.9. The van der Waals surface area contributed by atoms with Crippen molar-refractivity contribution in [2.75, 3.05) is 28.2 Å². The normalized spacial score (nSPS) is 9.61. The molecule has 0 heterocycles. The Morgan fingerprint density at radius 3 is 1.03 bits per heavy atom. The highest BCUT2D eigenvalue weighted by Gasteiger charge is 2.13. The van der Waals surface area contributed by atoms with Crippen LogP contribution >= 0.6 is 0 Å². The minimum atomic E-state index is 0. The molecule has 0 saturated carbocycles. The molecule has 4 heteroatoms. The van der Waals surface area contributed by atoms with Crippen LogP contribution in [0.5, 0.6) is 0 Å². The van der Waals surface area contributed by atoms with Crippen LogP contribution < -0.4 is 0 Å². The van der Waals surface area contributed by atoms with E-state index in [2.05, 4.69) is 137 Å². The number of rotatable bonds is 3. The van der Waals surface area contributed by atoms with Crippen LogP contribution in [0.4, 0.5) is 0 Å². The van der Waals surface area contributed by atoms with Gasteiger partial charge < -0.3 is 15.4 Å². The summed E-state index contributed by atoms with van der Waals surface area (Å²) < 4.78 is 1.00. The average molecular weight is 443 g/mol. The van der Waals surface area contributed by atoms with Crippen LogP contribution in [-0.4, -0.2) is 51.5 Å². The molecule has 0 amide bonds. The summed E-state index contributed by atoms with van der Waals surface area (Å²) in [5.41, 5.74) is 7.56. The minimum absolute atomic E-state index is 0. The standard InChI is InChI=1S/C24H18.C4H12N.CH5B.2H2O/c1-4-11-19(12-5-1)22-17-10-18-23(20-13-6-2-7-14-20)24(22)21-15-8-3-9-16-21;1-5(2,3)4;1-2;;/h1-18H;1-4H3;2H2,1H3;2*1H2/q;+1;;;/p-1. The van der Waals surface area contributed by atoms with E-state index in [-0.39, 0.29) is 11.0 Å². The van der Waals surface area contributed by atoms with Gasteiger partial charge >= 0.3 is 0 Å². The van der Waals surface area contributed by atoms with E-state index >= 15 is 0 Å². The van der Waals surface area contributed by atoms with Gasteiger partial charge in [0.1, 0.15) is 0 Å². The molecule has 0 spiro atoms. The lowest BCUT2D eigenvalue weighted by molar-refractivity contribution is -0.849. The molecule has 4 aromatic rings. The van der Waals surface area contributed by atoms with Crippen LogP contribution in [-0.2, 0) is 0 Å². The molecule has 3 nitrogen and oxygen atoms in total. The van der Waals surface area contributed by atoms with E-state index in [4.69, 9.17) is 0 Å². The molecule has 4 rings (SSSR count). The largest absolute Gasteiger partial charge is 0.870 e. The number of hydrogen-bond acceptors (Lipinski definition) is 1. The molecular weight excluding hydrogens is 405 g/mol. The molecular formula is C29H38BNO2. The Morgan fingerprint density at radius 1 is 0.455 bits per heavy atom. The lowest BCUT2D eigenvalue weighted by Crippen LogP contribution is -2.27. The second-order valence-electron chi connectivity index (χ2n) is 8.51. The van der Waals surface area contributed by atoms with Crippen molar-refractivity contribution in [2.24, 2.45) is 0 Å². The summed E-state index contributed by atoms with van der Waals surface area (Å²) in [6.07, 6.45) is 0. The fourth-order valence-corrected chi connectivity index (χ4v) is 3.18. The zero-order valence-electron chi connectivity index (χ0n) is 20.8. The van der Waals surface area contributed by atoms with Gasteiger partial charge in [0.25, 0.3) is 0 Å². The van der Waals surface area contributed by atoms with Crippen LogP contribution in [0.25, 0.3) is 33.4 Å². The molecule has 0 aromatic heterocycles. The quantitative estimate of drug-likeness (QED) is 0.297. The Labute approximate surface area is 201 Å². The van der Waals surface area contributed by atoms with Crippen molar-refractivity contribution < 1.29 is 15.4 Å². The van der Waals surface area contributed by atoms with Gasteiger partial charge in [-0.1, -0.05) is 116 Å². The molecule has 0 aliphatic carbocycles. The lowest BCUT2D eigenvalue weighted by atomic mass is 9.88. The molecule has 4 aromatic carbocycles. The summed E-state index contributed by atoms with van der Waals surface area (Å²) in [7, 11) is 10.5. The second kappa shape index (κ2) is 14.8. The van der Waals surface area contributed by atoms with E-state index in [1.807, 2.05) is 14.7 Å². The fraction of sp³-hybridized carbons (Fsp3) is 0.172. The van der Waals surface area contributed by atoms with Crippen molar-refractivity contribution in [3.8, 4) is 33.4 Å². The average Bonchev–Trinajstić information content (AvgIpc) is 2.80. The highest BCUT2D eigenvalue weighted by molar-refractivity contribution is 6.05. The first-order valence-corrected chi connectivity index (χ1v) is 11.0. The highest BCUT2D eigenvalue weighted by atomic mass is 16.0. The van der Waals surface area contributed by atoms with E-state index in [0.717, 1.165) is 4.48 Å². The van der Waals surface area contributed by atoms with E-state index in [0.29, 0.717) is 0 Å². The summed E-state index contributed by atoms with van der Waals surface area (Å²) in [6.45, 7) is 2.00. The molecule has 0 aliphatic heterocycles. The maximum Gasteiger partial charge on any atom is 0.0973 e. The van der Waals surface area contributed by atoms with Crippen molar-refractivity contribution in [3.63, 3.8) is 0 Å². The van der Waals surface area contributed by atoms with Crippen molar-refractivity contribution in [1.29, 1.82) is 0 Å². The predicted molar refractivity (Wildman–Crippen MR) is 147 cm³/mol. The monoisotopic (exact) mass is 443 g/mol. The van der Waals surface area contributed by atoms with Crippen LogP contribution in [0.15, 0.2) is 109 Å². The summed E-state index contributed by atoms with van der Waals surface area (Å²) >= 11 is 0. The second-order valence-corrected chi connectivity index (χ2v) is 8.51. The van der Waals surface area contributed by atoms with Crippen LogP contribution in [0.1, 0.15) is 0 Å². The number of nitrogens with zero attached hydrogens (tertiary/aromatic N) is 1. The van der Waals surface area contributed by atoms with Gasteiger partial charge in [0.05, 0.1) is 36.0 Å². The Balaban J connectivity index is 0.00000102. The Kier molecular flexibility index (Phi) is 13.4. The van der Waals surface area contributed by atoms with Crippen molar-refractivity contribution in [1.82, 2.24) is 0 Å². The minimum Gasteiger partial charge on any atom is -0.870 e. The highest BCUT2D eigenvalue weighted by Crippen LogP contribution is 2.39. The van der Waals surface area contributed by atoms with Gasteiger partial charge in [0, 0.05) is 0 Å². The van der Waals surface area contributed by atoms with E-state index in [9.17, 15) is 0 Å². The molecule has 174 valence electrons. The van der Waals surface area contributed by atoms with Crippen LogP contribution in [0.3, 0.4) is 0 Å². The molecule has 33 heavy (non-hydrogen) atoms. The van der Waals surface area contributed by atoms with Crippen LogP contribution in [0, 0.1) is 0 Å². The Morgan fingerprint density at radius 2 is 0.727 bits per heavy atom. The van der Waals surface area contributed by atoms with Gasteiger partial charge in [-0.25, -0.2) is 0 Å². The number of quaternary nitrogens is 1. The lowest BCUT2D eigenvalue weighted by Gasteiger charge is -2.16. The molecule has 0 radical (unpaired) electrons. The molecule has 0 bridgehead atoms. The maximum absolute atomic E-state index is 2.21. The first kappa shape index (κ1) is 29.8. The third-order valence-electron chi connectivity index (χ3n) is 4.30. The zero-order valence-corrected chi connectivity index (χ0v) is 20.8. The predicted octanol–water partition coefficient (Wildman–Crippen LogP) is 5.68. The van der Waals surface area contributed by atoms with E-state index in [1.54, 1.807) is 0 Å². The number of benzene rings is 4.